The summed E-state index contributed by atoms with van der Waals surface area (Å²) in [6.07, 6.45) is 3.68. The van der Waals surface area contributed by atoms with Crippen LogP contribution in [0.1, 0.15) is 40.9 Å². The number of aliphatic hydroxyl groups is 1. The molecule has 1 saturated carbocycles. The van der Waals surface area contributed by atoms with Crippen LogP contribution in [0.5, 0.6) is 0 Å². The Hall–Kier alpha value is -0.910. The van der Waals surface area contributed by atoms with Crippen molar-refractivity contribution in [1.29, 1.82) is 0 Å². The molecule has 1 fully saturated rings. The maximum atomic E-state index is 12.4. The first-order valence-corrected chi connectivity index (χ1v) is 7.47. The van der Waals surface area contributed by atoms with Crippen molar-refractivity contribution in [3.8, 4) is 0 Å². The number of carbonyl (C=O) groups excluding carboxylic acids is 1. The van der Waals surface area contributed by atoms with Gasteiger partial charge >= 0.3 is 0 Å². The molecule has 0 aromatic carbocycles. The molecule has 106 valence electrons. The minimum atomic E-state index is -0.691. The summed E-state index contributed by atoms with van der Waals surface area (Å²) < 4.78 is 5.10. The van der Waals surface area contributed by atoms with Crippen LogP contribution in [-0.2, 0) is 11.3 Å². The number of thiophene rings is 1. The highest BCUT2D eigenvalue weighted by Crippen LogP contribution is 2.30. The number of methoxy groups -OCH3 is 1. The first-order valence-electron chi connectivity index (χ1n) is 6.59. The van der Waals surface area contributed by atoms with Gasteiger partial charge in [0.2, 0.25) is 0 Å². The predicted molar refractivity (Wildman–Crippen MR) is 75.4 cm³/mol. The fourth-order valence-corrected chi connectivity index (χ4v) is 3.57. The topological polar surface area (TPSA) is 49.8 Å². The molecule has 19 heavy (non-hydrogen) atoms. The lowest BCUT2D eigenvalue weighted by atomic mass is 10.0. The number of hydrogen-bond acceptors (Lipinski definition) is 4. The lowest BCUT2D eigenvalue weighted by molar-refractivity contribution is 0.0157. The molecule has 1 aromatic heterocycles. The third-order valence-electron chi connectivity index (χ3n) is 3.65. The molecular weight excluding hydrogens is 262 g/mol. The molecular formula is C14H21NO3S. The minimum absolute atomic E-state index is 0.0256. The first-order chi connectivity index (χ1) is 9.06. The fraction of sp³-hybridized carbons (Fsp3) is 0.643. The molecule has 0 atom stereocenters. The van der Waals surface area contributed by atoms with Crippen LogP contribution in [0.15, 0.2) is 11.4 Å². The van der Waals surface area contributed by atoms with Gasteiger partial charge in [-0.05, 0) is 24.3 Å². The Labute approximate surface area is 118 Å². The van der Waals surface area contributed by atoms with Crippen molar-refractivity contribution in [1.82, 2.24) is 4.90 Å². The molecule has 2 rings (SSSR count). The molecule has 1 aliphatic rings. The van der Waals surface area contributed by atoms with Gasteiger partial charge in [-0.1, -0.05) is 12.8 Å². The summed E-state index contributed by atoms with van der Waals surface area (Å²) >= 11 is 1.43. The third-order valence-corrected chi connectivity index (χ3v) is 4.60. The van der Waals surface area contributed by atoms with Crippen LogP contribution in [0.2, 0.25) is 0 Å². The van der Waals surface area contributed by atoms with E-state index in [2.05, 4.69) is 0 Å². The van der Waals surface area contributed by atoms with Gasteiger partial charge in [0.05, 0.1) is 17.1 Å². The molecule has 0 aliphatic heterocycles. The van der Waals surface area contributed by atoms with Gasteiger partial charge < -0.3 is 14.7 Å². The Balaban J connectivity index is 2.04. The number of ether oxygens (including phenoxy) is 1. The van der Waals surface area contributed by atoms with E-state index >= 15 is 0 Å². The Morgan fingerprint density at radius 3 is 2.84 bits per heavy atom. The maximum absolute atomic E-state index is 12.4. The van der Waals surface area contributed by atoms with E-state index in [9.17, 15) is 9.90 Å². The van der Waals surface area contributed by atoms with Crippen LogP contribution in [0.25, 0.3) is 0 Å². The molecule has 4 nitrogen and oxygen atoms in total. The summed E-state index contributed by atoms with van der Waals surface area (Å²) in [6.45, 7) is 0.860. The van der Waals surface area contributed by atoms with E-state index in [4.69, 9.17) is 4.74 Å². The zero-order valence-corrected chi connectivity index (χ0v) is 12.3. The molecule has 0 saturated heterocycles. The van der Waals surface area contributed by atoms with Gasteiger partial charge in [0.1, 0.15) is 0 Å². The van der Waals surface area contributed by atoms with E-state index in [1.54, 1.807) is 19.1 Å². The number of nitrogens with zero attached hydrogens (tertiary/aromatic N) is 1. The fourth-order valence-electron chi connectivity index (χ4n) is 2.67. The molecule has 0 radical (unpaired) electrons. The van der Waals surface area contributed by atoms with Gasteiger partial charge in [0.25, 0.3) is 5.91 Å². The van der Waals surface area contributed by atoms with Gasteiger partial charge in [-0.25, -0.2) is 0 Å². The molecule has 1 aromatic rings. The van der Waals surface area contributed by atoms with E-state index in [-0.39, 0.29) is 5.91 Å². The van der Waals surface area contributed by atoms with Crippen molar-refractivity contribution < 1.29 is 14.6 Å². The van der Waals surface area contributed by atoms with E-state index < -0.39 is 5.60 Å². The zero-order chi connectivity index (χ0) is 13.9. The van der Waals surface area contributed by atoms with Crippen LogP contribution in [-0.4, -0.2) is 42.2 Å². The van der Waals surface area contributed by atoms with Crippen LogP contribution >= 0.6 is 11.3 Å². The second-order valence-electron chi connectivity index (χ2n) is 5.30. The third kappa shape index (κ3) is 3.35. The first kappa shape index (κ1) is 14.5. The number of carbonyl (C=O) groups is 1. The highest BCUT2D eigenvalue weighted by Gasteiger charge is 2.34. The quantitative estimate of drug-likeness (QED) is 0.902. The van der Waals surface area contributed by atoms with E-state index in [0.717, 1.165) is 31.2 Å². The van der Waals surface area contributed by atoms with Crippen molar-refractivity contribution in [2.24, 2.45) is 0 Å². The Morgan fingerprint density at radius 2 is 2.21 bits per heavy atom. The smallest absolute Gasteiger partial charge is 0.264 e. The second kappa shape index (κ2) is 6.03. The van der Waals surface area contributed by atoms with Crippen molar-refractivity contribution in [2.75, 3.05) is 20.7 Å². The van der Waals surface area contributed by atoms with Gasteiger partial charge in [-0.2, -0.15) is 0 Å². The van der Waals surface area contributed by atoms with Crippen molar-refractivity contribution >= 4 is 17.2 Å². The Kier molecular flexibility index (Phi) is 4.60. The monoisotopic (exact) mass is 283 g/mol. The molecule has 0 spiro atoms. The van der Waals surface area contributed by atoms with Crippen LogP contribution in [0.4, 0.5) is 0 Å². The SMILES string of the molecule is COCc1ccsc1C(=O)N(C)CC1(O)CCCC1. The predicted octanol–water partition coefficient (Wildman–Crippen LogP) is 2.27. The van der Waals surface area contributed by atoms with Crippen LogP contribution in [0.3, 0.4) is 0 Å². The normalized spacial score (nSPS) is 17.6. The van der Waals surface area contributed by atoms with Crippen molar-refractivity contribution in [2.45, 2.75) is 37.9 Å². The lowest BCUT2D eigenvalue weighted by Crippen LogP contribution is -2.42. The van der Waals surface area contributed by atoms with E-state index in [1.165, 1.54) is 11.3 Å². The molecule has 0 unspecified atom stereocenters. The van der Waals surface area contributed by atoms with Crippen LogP contribution in [0, 0.1) is 0 Å². The van der Waals surface area contributed by atoms with E-state index in [0.29, 0.717) is 18.0 Å². The van der Waals surface area contributed by atoms with Gasteiger partial charge in [0.15, 0.2) is 0 Å². The number of likely N-dealkylation sites (N-methyl/N-ethyl adjacent to an activating group) is 1. The Bertz CT molecular complexity index is 438. The number of hydrogen-bond donors (Lipinski definition) is 1. The maximum Gasteiger partial charge on any atom is 0.264 e. The molecule has 1 heterocycles. The number of amides is 1. The van der Waals surface area contributed by atoms with E-state index in [1.807, 2.05) is 11.4 Å². The summed E-state index contributed by atoms with van der Waals surface area (Å²) in [5.41, 5.74) is 0.228. The molecule has 0 bridgehead atoms. The van der Waals surface area contributed by atoms with Crippen molar-refractivity contribution in [3.05, 3.63) is 21.9 Å². The van der Waals surface area contributed by atoms with Crippen molar-refractivity contribution in [3.63, 3.8) is 0 Å². The summed E-state index contributed by atoms with van der Waals surface area (Å²) in [6, 6.07) is 1.92. The molecule has 1 N–H and O–H groups in total. The summed E-state index contributed by atoms with van der Waals surface area (Å²) in [5, 5.41) is 12.3. The molecule has 1 amide bonds. The molecule has 1 aliphatic carbocycles. The average Bonchev–Trinajstić information content (AvgIpc) is 2.98. The number of rotatable bonds is 5. The summed E-state index contributed by atoms with van der Waals surface area (Å²) in [4.78, 5) is 14.8. The summed E-state index contributed by atoms with van der Waals surface area (Å²) in [5.74, 6) is -0.0256. The highest BCUT2D eigenvalue weighted by atomic mass is 32.1. The standard InChI is InChI=1S/C14H21NO3S/c1-15(10-14(17)6-3-4-7-14)13(16)12-11(9-18-2)5-8-19-12/h5,8,17H,3-4,6-7,9-10H2,1-2H3. The largest absolute Gasteiger partial charge is 0.388 e. The summed E-state index contributed by atoms with van der Waals surface area (Å²) in [7, 11) is 3.38. The second-order valence-corrected chi connectivity index (χ2v) is 6.22. The highest BCUT2D eigenvalue weighted by molar-refractivity contribution is 7.12. The minimum Gasteiger partial charge on any atom is -0.388 e. The molecule has 5 heteroatoms. The van der Waals surface area contributed by atoms with Gasteiger partial charge in [-0.15, -0.1) is 11.3 Å². The van der Waals surface area contributed by atoms with Crippen LogP contribution < -0.4 is 0 Å². The Morgan fingerprint density at radius 1 is 1.53 bits per heavy atom. The lowest BCUT2D eigenvalue weighted by Gasteiger charge is -2.28. The zero-order valence-electron chi connectivity index (χ0n) is 11.5. The van der Waals surface area contributed by atoms with Gasteiger partial charge in [0, 0.05) is 26.3 Å². The van der Waals surface area contributed by atoms with Gasteiger partial charge in [-0.3, -0.25) is 4.79 Å². The average molecular weight is 283 g/mol.